The lowest BCUT2D eigenvalue weighted by molar-refractivity contribution is 1.18. The van der Waals surface area contributed by atoms with Crippen LogP contribution in [0.15, 0.2) is 400 Å². The second kappa shape index (κ2) is 28.1. The Morgan fingerprint density at radius 2 is 0.330 bits per heavy atom. The number of benzene rings is 19. The van der Waals surface area contributed by atoms with E-state index in [2.05, 4.69) is 437 Å². The van der Waals surface area contributed by atoms with Crippen LogP contribution in [0.3, 0.4) is 0 Å². The van der Waals surface area contributed by atoms with Crippen molar-refractivity contribution in [3.8, 4) is 112 Å². The van der Waals surface area contributed by atoms with Gasteiger partial charge in [-0.25, -0.2) is 0 Å². The zero-order valence-electron chi connectivity index (χ0n) is 63.0. The summed E-state index contributed by atoms with van der Waals surface area (Å²) in [6, 6.07) is 147. The number of para-hydroxylation sites is 4. The average Bonchev–Trinajstić information content (AvgIpc) is 1.14. The third kappa shape index (κ3) is 11.8. The van der Waals surface area contributed by atoms with Gasteiger partial charge < -0.3 is 9.13 Å². The fraction of sp³-hybridized carbons (Fsp3) is 0.0364. The highest BCUT2D eigenvalue weighted by Gasteiger charge is 2.22. The Balaban J connectivity index is 0.000000147. The van der Waals surface area contributed by atoms with Crippen LogP contribution in [0.1, 0.15) is 22.3 Å². The molecule has 528 valence electrons. The molecule has 19 aromatic carbocycles. The summed E-state index contributed by atoms with van der Waals surface area (Å²) in [6.07, 6.45) is 0. The van der Waals surface area contributed by atoms with E-state index in [9.17, 15) is 0 Å². The van der Waals surface area contributed by atoms with Crippen LogP contribution in [0.25, 0.3) is 198 Å². The Kier molecular flexibility index (Phi) is 16.9. The molecule has 21 aromatic rings. The molecular weight excluding hydrogens is 1350 g/mol. The number of hydrogen-bond donors (Lipinski definition) is 0. The molecule has 0 saturated heterocycles. The molecule has 0 radical (unpaired) electrons. The quantitative estimate of drug-likeness (QED) is 0.114. The summed E-state index contributed by atoms with van der Waals surface area (Å²) in [5, 5.41) is 15.3. The van der Waals surface area contributed by atoms with E-state index >= 15 is 0 Å². The molecule has 2 heterocycles. The molecule has 112 heavy (non-hydrogen) atoms. The van der Waals surface area contributed by atoms with Crippen LogP contribution in [0.5, 0.6) is 0 Å². The normalized spacial score (nSPS) is 11.6. The summed E-state index contributed by atoms with van der Waals surface area (Å²) in [5.74, 6) is 0. The molecule has 0 aliphatic rings. The molecule has 0 amide bonds. The molecule has 0 unspecified atom stereocenters. The largest absolute Gasteiger partial charge is 0.309 e. The first-order valence-electron chi connectivity index (χ1n) is 38.9. The Hall–Kier alpha value is -14.2. The van der Waals surface area contributed by atoms with Gasteiger partial charge >= 0.3 is 0 Å². The van der Waals surface area contributed by atoms with E-state index in [0.717, 1.165) is 0 Å². The van der Waals surface area contributed by atoms with Crippen molar-refractivity contribution in [3.63, 3.8) is 0 Å². The molecule has 0 atom stereocenters. The SMILES string of the molecule is Cc1cc2c(-c3ccc(-c4ccccc4)cc3)c3ccccc3c(-c3ccc(-c4ccc(-c5ccc6c(c5)c5ccccc5n6-c5ccccc5)cc4)cc3)c2cc1C.Cc1cc2c(-c3ccccc3)c3ccccc3c(-c3ccc(-c4ccc(-c5ccc6c(c5)c5ccccc5n6-c5ccccc5)cc4)cc3)c2cc1C. The summed E-state index contributed by atoms with van der Waals surface area (Å²) in [4.78, 5) is 0. The lowest BCUT2D eigenvalue weighted by Gasteiger charge is -2.19. The number of aromatic nitrogens is 2. The van der Waals surface area contributed by atoms with E-state index in [1.807, 2.05) is 0 Å². The van der Waals surface area contributed by atoms with Gasteiger partial charge in [0.1, 0.15) is 0 Å². The molecule has 0 N–H and O–H groups in total. The number of rotatable bonds is 11. The van der Waals surface area contributed by atoms with E-state index in [4.69, 9.17) is 0 Å². The van der Waals surface area contributed by atoms with Crippen LogP contribution in [-0.4, -0.2) is 9.13 Å². The topological polar surface area (TPSA) is 9.86 Å². The lowest BCUT2D eigenvalue weighted by Crippen LogP contribution is -1.93. The highest BCUT2D eigenvalue weighted by atomic mass is 15.0. The molecule has 0 aliphatic heterocycles. The molecule has 2 aromatic heterocycles. The summed E-state index contributed by atoms with van der Waals surface area (Å²) < 4.78 is 4.74. The molecule has 0 spiro atoms. The summed E-state index contributed by atoms with van der Waals surface area (Å²) in [6.45, 7) is 8.91. The van der Waals surface area contributed by atoms with Gasteiger partial charge in [0.2, 0.25) is 0 Å². The Labute approximate surface area is 653 Å². The maximum Gasteiger partial charge on any atom is 0.0541 e. The van der Waals surface area contributed by atoms with Gasteiger partial charge in [-0.15, -0.1) is 0 Å². The standard InChI is InChI=1S/C58H41N.C52H37N/c1-38-35-53-54(36-39(38)2)58(51-19-10-9-18-50(51)57(53)45-29-25-41(26-30-45)40-13-5-3-6-14-40)46-31-27-43(28-32-46)42-21-23-44(24-22-42)47-33-34-56-52(37-47)49-17-11-12-20-55(49)59(56)48-15-7-4-8-16-48;1-34-31-47-48(32-35(34)2)52(45-19-10-9-18-44(45)51(47)39-13-5-3-6-14-39)40-27-25-37(26-28-40)36-21-23-38(24-22-36)41-29-30-50-46(33-41)43-17-11-12-20-49(43)53(50)42-15-7-4-8-16-42/h3-37H,1-2H3;3-33H,1-2H3. The first-order chi connectivity index (χ1) is 55.2. The highest BCUT2D eigenvalue weighted by Crippen LogP contribution is 2.48. The van der Waals surface area contributed by atoms with Crippen LogP contribution in [-0.2, 0) is 0 Å². The molecular formula is C110H78N2. The fourth-order valence-corrected chi connectivity index (χ4v) is 17.6. The van der Waals surface area contributed by atoms with Gasteiger partial charge in [-0.3, -0.25) is 0 Å². The van der Waals surface area contributed by atoms with E-state index in [0.29, 0.717) is 0 Å². The minimum Gasteiger partial charge on any atom is -0.309 e. The molecule has 2 heteroatoms. The third-order valence-corrected chi connectivity index (χ3v) is 23.4. The second-order valence-corrected chi connectivity index (χ2v) is 30.0. The van der Waals surface area contributed by atoms with Gasteiger partial charge in [0.25, 0.3) is 0 Å². The Bertz CT molecular complexity index is 7170. The van der Waals surface area contributed by atoms with Crippen molar-refractivity contribution in [2.45, 2.75) is 27.7 Å². The lowest BCUT2D eigenvalue weighted by atomic mass is 9.84. The van der Waals surface area contributed by atoms with Crippen molar-refractivity contribution < 1.29 is 0 Å². The van der Waals surface area contributed by atoms with E-state index in [-0.39, 0.29) is 0 Å². The fourth-order valence-electron chi connectivity index (χ4n) is 17.6. The maximum absolute atomic E-state index is 2.40. The van der Waals surface area contributed by atoms with Crippen LogP contribution in [0.2, 0.25) is 0 Å². The van der Waals surface area contributed by atoms with Crippen molar-refractivity contribution in [1.29, 1.82) is 0 Å². The number of aryl methyl sites for hydroxylation is 4. The summed E-state index contributed by atoms with van der Waals surface area (Å²) in [5.41, 5.74) is 34.8. The number of nitrogens with zero attached hydrogens (tertiary/aromatic N) is 2. The predicted molar refractivity (Wildman–Crippen MR) is 479 cm³/mol. The van der Waals surface area contributed by atoms with Gasteiger partial charge in [0.15, 0.2) is 0 Å². The van der Waals surface area contributed by atoms with E-state index in [1.54, 1.807) is 0 Å². The monoisotopic (exact) mass is 1430 g/mol. The molecule has 0 bridgehead atoms. The van der Waals surface area contributed by atoms with Gasteiger partial charge in [-0.05, 0) is 254 Å². The number of fused-ring (bicyclic) bond motifs is 10. The highest BCUT2D eigenvalue weighted by molar-refractivity contribution is 6.23. The Morgan fingerprint density at radius 3 is 0.625 bits per heavy atom. The number of hydrogen-bond acceptors (Lipinski definition) is 0. The predicted octanol–water partition coefficient (Wildman–Crippen LogP) is 30.4. The minimum atomic E-state index is 1.18. The minimum absolute atomic E-state index is 1.18. The summed E-state index contributed by atoms with van der Waals surface area (Å²) >= 11 is 0. The van der Waals surface area contributed by atoms with Gasteiger partial charge in [-0.1, -0.05) is 340 Å². The molecule has 0 aliphatic carbocycles. The molecule has 0 saturated carbocycles. The van der Waals surface area contributed by atoms with E-state index in [1.165, 1.54) is 220 Å². The van der Waals surface area contributed by atoms with Crippen molar-refractivity contribution in [1.82, 2.24) is 9.13 Å². The van der Waals surface area contributed by atoms with Crippen LogP contribution < -0.4 is 0 Å². The smallest absolute Gasteiger partial charge is 0.0541 e. The van der Waals surface area contributed by atoms with Crippen molar-refractivity contribution in [2.24, 2.45) is 0 Å². The molecule has 2 nitrogen and oxygen atoms in total. The van der Waals surface area contributed by atoms with Crippen molar-refractivity contribution in [3.05, 3.63) is 423 Å². The van der Waals surface area contributed by atoms with Crippen LogP contribution >= 0.6 is 0 Å². The molecule has 0 fully saturated rings. The third-order valence-electron chi connectivity index (χ3n) is 23.4. The van der Waals surface area contributed by atoms with Gasteiger partial charge in [0.05, 0.1) is 22.1 Å². The zero-order valence-corrected chi connectivity index (χ0v) is 63.0. The summed E-state index contributed by atoms with van der Waals surface area (Å²) in [7, 11) is 0. The van der Waals surface area contributed by atoms with Crippen LogP contribution in [0.4, 0.5) is 0 Å². The zero-order chi connectivity index (χ0) is 74.9. The first-order valence-corrected chi connectivity index (χ1v) is 38.9. The molecule has 21 rings (SSSR count). The van der Waals surface area contributed by atoms with Gasteiger partial charge in [0, 0.05) is 32.9 Å². The van der Waals surface area contributed by atoms with Gasteiger partial charge in [-0.2, -0.15) is 0 Å². The van der Waals surface area contributed by atoms with E-state index < -0.39 is 0 Å². The second-order valence-electron chi connectivity index (χ2n) is 30.0. The first kappa shape index (κ1) is 67.2. The Morgan fingerprint density at radius 1 is 0.134 bits per heavy atom. The van der Waals surface area contributed by atoms with Crippen LogP contribution in [0, 0.1) is 27.7 Å². The maximum atomic E-state index is 2.40. The van der Waals surface area contributed by atoms with Crippen molar-refractivity contribution in [2.75, 3.05) is 0 Å². The van der Waals surface area contributed by atoms with Crippen molar-refractivity contribution >= 4 is 86.7 Å². The average molecular weight is 1430 g/mol.